The van der Waals surface area contributed by atoms with E-state index in [1.165, 1.54) is 11.8 Å². The number of benzene rings is 1. The predicted molar refractivity (Wildman–Crippen MR) is 71.2 cm³/mol. The molecule has 0 unspecified atom stereocenters. The molecule has 2 rings (SSSR count). The van der Waals surface area contributed by atoms with E-state index >= 15 is 0 Å². The number of carbonyl (C=O) groups excluding carboxylic acids is 1. The summed E-state index contributed by atoms with van der Waals surface area (Å²) >= 11 is 0. The fourth-order valence-corrected chi connectivity index (χ4v) is 2.36. The predicted octanol–water partition coefficient (Wildman–Crippen LogP) is 1.48. The van der Waals surface area contributed by atoms with E-state index in [2.05, 4.69) is 5.32 Å². The van der Waals surface area contributed by atoms with Crippen LogP contribution in [0.5, 0.6) is 0 Å². The summed E-state index contributed by atoms with van der Waals surface area (Å²) in [6.45, 7) is 3.84. The fraction of sp³-hybridized carbons (Fsp3) is 0.462. The van der Waals surface area contributed by atoms with Crippen molar-refractivity contribution >= 4 is 11.6 Å². The molecule has 0 aromatic heterocycles. The summed E-state index contributed by atoms with van der Waals surface area (Å²) in [6, 6.07) is 2.02. The molecule has 1 aromatic rings. The second-order valence-corrected chi connectivity index (χ2v) is 4.77. The van der Waals surface area contributed by atoms with Crippen molar-refractivity contribution in [3.63, 3.8) is 0 Å². The highest BCUT2D eigenvalue weighted by Crippen LogP contribution is 2.26. The Morgan fingerprint density at radius 3 is 2.85 bits per heavy atom. The normalized spacial score (nSPS) is 15.8. The lowest BCUT2D eigenvalue weighted by Gasteiger charge is -2.20. The largest absolute Gasteiger partial charge is 0.337 e. The van der Waals surface area contributed by atoms with Gasteiger partial charge in [0.05, 0.1) is 4.92 Å². The van der Waals surface area contributed by atoms with Crippen LogP contribution in [0.15, 0.2) is 12.1 Å². The van der Waals surface area contributed by atoms with Gasteiger partial charge >= 0.3 is 0 Å². The highest BCUT2D eigenvalue weighted by atomic mass is 19.1. The van der Waals surface area contributed by atoms with Gasteiger partial charge in [-0.15, -0.1) is 0 Å². The number of hydrogen-bond donors (Lipinski definition) is 1. The van der Waals surface area contributed by atoms with Crippen LogP contribution in [0.25, 0.3) is 0 Å². The van der Waals surface area contributed by atoms with Gasteiger partial charge in [0.25, 0.3) is 11.6 Å². The quantitative estimate of drug-likeness (QED) is 0.658. The van der Waals surface area contributed by atoms with E-state index in [0.717, 1.165) is 25.1 Å². The third kappa shape index (κ3) is 2.93. The minimum Gasteiger partial charge on any atom is -0.337 e. The monoisotopic (exact) mass is 281 g/mol. The molecule has 20 heavy (non-hydrogen) atoms. The average molecular weight is 281 g/mol. The number of nitrogens with one attached hydrogen (secondary N) is 1. The molecular formula is C13H16FN3O3. The zero-order valence-electron chi connectivity index (χ0n) is 11.2. The maximum absolute atomic E-state index is 13.5. The molecule has 1 heterocycles. The molecule has 1 aromatic carbocycles. The van der Waals surface area contributed by atoms with E-state index in [-0.39, 0.29) is 16.8 Å². The van der Waals surface area contributed by atoms with Crippen molar-refractivity contribution in [3.05, 3.63) is 39.2 Å². The zero-order chi connectivity index (χ0) is 14.7. The van der Waals surface area contributed by atoms with Crippen LogP contribution in [-0.2, 0) is 0 Å². The smallest absolute Gasteiger partial charge is 0.285 e. The number of carbonyl (C=O) groups is 1. The van der Waals surface area contributed by atoms with Gasteiger partial charge in [0.2, 0.25) is 0 Å². The Balaban J connectivity index is 2.39. The lowest BCUT2D eigenvalue weighted by Crippen LogP contribution is -2.34. The molecule has 0 atom stereocenters. The summed E-state index contributed by atoms with van der Waals surface area (Å²) < 4.78 is 13.5. The van der Waals surface area contributed by atoms with Crippen LogP contribution in [0.1, 0.15) is 22.3 Å². The second kappa shape index (κ2) is 5.96. The van der Waals surface area contributed by atoms with Gasteiger partial charge in [0, 0.05) is 25.2 Å². The van der Waals surface area contributed by atoms with Crippen molar-refractivity contribution in [1.29, 1.82) is 0 Å². The molecule has 1 amide bonds. The fourth-order valence-electron chi connectivity index (χ4n) is 2.36. The van der Waals surface area contributed by atoms with Gasteiger partial charge in [-0.1, -0.05) is 0 Å². The van der Waals surface area contributed by atoms with E-state index in [0.29, 0.717) is 19.6 Å². The van der Waals surface area contributed by atoms with Crippen LogP contribution in [0.2, 0.25) is 0 Å². The first-order valence-electron chi connectivity index (χ1n) is 6.45. The van der Waals surface area contributed by atoms with Gasteiger partial charge in [-0.25, -0.2) is 4.39 Å². The van der Waals surface area contributed by atoms with Crippen molar-refractivity contribution in [2.45, 2.75) is 13.3 Å². The molecule has 0 aliphatic carbocycles. The zero-order valence-corrected chi connectivity index (χ0v) is 11.2. The topological polar surface area (TPSA) is 75.5 Å². The summed E-state index contributed by atoms with van der Waals surface area (Å²) in [6.07, 6.45) is 0.772. The third-order valence-corrected chi connectivity index (χ3v) is 3.31. The minimum absolute atomic E-state index is 0.159. The molecule has 0 saturated carbocycles. The van der Waals surface area contributed by atoms with Gasteiger partial charge in [-0.3, -0.25) is 14.9 Å². The molecular weight excluding hydrogens is 265 g/mol. The van der Waals surface area contributed by atoms with Crippen molar-refractivity contribution in [2.75, 3.05) is 26.2 Å². The van der Waals surface area contributed by atoms with Gasteiger partial charge in [-0.05, 0) is 32.0 Å². The lowest BCUT2D eigenvalue weighted by molar-refractivity contribution is -0.385. The molecule has 7 heteroatoms. The highest BCUT2D eigenvalue weighted by molar-refractivity contribution is 5.98. The summed E-state index contributed by atoms with van der Waals surface area (Å²) in [7, 11) is 0. The molecule has 6 nitrogen and oxygen atoms in total. The Bertz CT molecular complexity index is 540. The number of halogens is 1. The Hall–Kier alpha value is -2.02. The Labute approximate surface area is 115 Å². The van der Waals surface area contributed by atoms with Gasteiger partial charge in [-0.2, -0.15) is 0 Å². The van der Waals surface area contributed by atoms with Crippen molar-refractivity contribution in [1.82, 2.24) is 10.2 Å². The first kappa shape index (κ1) is 14.4. The van der Waals surface area contributed by atoms with Crippen molar-refractivity contribution < 1.29 is 14.1 Å². The minimum atomic E-state index is -0.635. The number of nitro groups is 1. The van der Waals surface area contributed by atoms with Gasteiger partial charge < -0.3 is 10.2 Å². The van der Waals surface area contributed by atoms with E-state index in [1.807, 2.05) is 0 Å². The van der Waals surface area contributed by atoms with Gasteiger partial charge in [0.1, 0.15) is 11.4 Å². The lowest BCUT2D eigenvalue weighted by atomic mass is 10.1. The number of nitro benzene ring substituents is 1. The molecule has 1 N–H and O–H groups in total. The maximum atomic E-state index is 13.5. The highest BCUT2D eigenvalue weighted by Gasteiger charge is 2.28. The molecule has 0 spiro atoms. The number of aryl methyl sites for hydroxylation is 1. The van der Waals surface area contributed by atoms with Crippen LogP contribution in [-0.4, -0.2) is 41.9 Å². The Morgan fingerprint density at radius 2 is 2.15 bits per heavy atom. The molecule has 1 aliphatic heterocycles. The summed E-state index contributed by atoms with van der Waals surface area (Å²) in [5.41, 5.74) is -0.325. The van der Waals surface area contributed by atoms with Crippen molar-refractivity contribution in [2.24, 2.45) is 0 Å². The first-order chi connectivity index (χ1) is 9.50. The van der Waals surface area contributed by atoms with E-state index in [1.54, 1.807) is 0 Å². The third-order valence-electron chi connectivity index (χ3n) is 3.31. The number of hydrogen-bond acceptors (Lipinski definition) is 4. The SMILES string of the molecule is Cc1cc(F)cc(C(=O)N2CCCNCC2)c1[N+](=O)[O-]. The van der Waals surface area contributed by atoms with Crippen LogP contribution in [0.4, 0.5) is 10.1 Å². The number of amides is 1. The Morgan fingerprint density at radius 1 is 1.40 bits per heavy atom. The summed E-state index contributed by atoms with van der Waals surface area (Å²) in [5, 5.41) is 14.3. The van der Waals surface area contributed by atoms with Gasteiger partial charge in [0.15, 0.2) is 0 Å². The molecule has 108 valence electrons. The van der Waals surface area contributed by atoms with E-state index < -0.39 is 16.6 Å². The average Bonchev–Trinajstić information content (AvgIpc) is 2.65. The molecule has 1 aliphatic rings. The first-order valence-corrected chi connectivity index (χ1v) is 6.45. The van der Waals surface area contributed by atoms with Crippen LogP contribution >= 0.6 is 0 Å². The number of nitrogens with zero attached hydrogens (tertiary/aromatic N) is 2. The molecule has 1 fully saturated rings. The van der Waals surface area contributed by atoms with Crippen molar-refractivity contribution in [3.8, 4) is 0 Å². The number of rotatable bonds is 2. The second-order valence-electron chi connectivity index (χ2n) is 4.77. The van der Waals surface area contributed by atoms with E-state index in [4.69, 9.17) is 0 Å². The van der Waals surface area contributed by atoms with E-state index in [9.17, 15) is 19.3 Å². The molecule has 0 radical (unpaired) electrons. The standard InChI is InChI=1S/C13H16FN3O3/c1-9-7-10(14)8-11(12(9)17(19)20)13(18)16-5-2-3-15-4-6-16/h7-8,15H,2-6H2,1H3. The van der Waals surface area contributed by atoms with Crippen LogP contribution in [0, 0.1) is 22.9 Å². The maximum Gasteiger partial charge on any atom is 0.285 e. The van der Waals surface area contributed by atoms with Crippen LogP contribution < -0.4 is 5.32 Å². The van der Waals surface area contributed by atoms with Crippen LogP contribution in [0.3, 0.4) is 0 Å². The molecule has 0 bridgehead atoms. The summed E-state index contributed by atoms with van der Waals surface area (Å²) in [5.74, 6) is -1.12. The molecule has 1 saturated heterocycles. The summed E-state index contributed by atoms with van der Waals surface area (Å²) in [4.78, 5) is 24.4. The Kier molecular flexibility index (Phi) is 4.29.